The number of anilines is 1. The first-order valence-corrected chi connectivity index (χ1v) is 12.4. The van der Waals surface area contributed by atoms with Crippen molar-refractivity contribution in [3.8, 4) is 17.0 Å². The van der Waals surface area contributed by atoms with Crippen molar-refractivity contribution in [2.45, 2.75) is 25.7 Å². The highest BCUT2D eigenvalue weighted by molar-refractivity contribution is 8.26. The number of aromatic nitrogens is 2. The lowest BCUT2D eigenvalue weighted by Gasteiger charge is -2.16. The van der Waals surface area contributed by atoms with Crippen molar-refractivity contribution >= 4 is 52.0 Å². The summed E-state index contributed by atoms with van der Waals surface area (Å²) in [5.74, 6) is 0.175. The highest BCUT2D eigenvalue weighted by Crippen LogP contribution is 2.33. The predicted octanol–water partition coefficient (Wildman–Crippen LogP) is 4.46. The van der Waals surface area contributed by atoms with Crippen molar-refractivity contribution in [3.05, 3.63) is 64.1 Å². The second-order valence-electron chi connectivity index (χ2n) is 8.24. The van der Waals surface area contributed by atoms with E-state index in [4.69, 9.17) is 21.6 Å². The molecule has 2 aliphatic rings. The number of carbonyl (C=O) groups is 2. The molecule has 0 radical (unpaired) electrons. The van der Waals surface area contributed by atoms with Crippen LogP contribution >= 0.6 is 24.0 Å². The minimum absolute atomic E-state index is 0.213. The molecule has 1 aliphatic heterocycles. The fourth-order valence-corrected chi connectivity index (χ4v) is 5.40. The first kappa shape index (κ1) is 23.3. The Kier molecular flexibility index (Phi) is 6.65. The molecule has 1 saturated heterocycles. The van der Waals surface area contributed by atoms with Gasteiger partial charge in [0.2, 0.25) is 11.7 Å². The van der Waals surface area contributed by atoms with E-state index in [9.17, 15) is 9.59 Å². The molecule has 1 aliphatic carbocycles. The van der Waals surface area contributed by atoms with Crippen LogP contribution < -0.4 is 10.1 Å². The number of nitrogens with one attached hydrogen (secondary N) is 1. The van der Waals surface area contributed by atoms with Crippen molar-refractivity contribution in [2.75, 3.05) is 19.0 Å². The zero-order valence-electron chi connectivity index (χ0n) is 18.9. The maximum Gasteiger partial charge on any atom is 0.266 e. The number of hydrogen-bond donors (Lipinski definition) is 1. The average Bonchev–Trinajstić information content (AvgIpc) is 3.44. The molecule has 5 rings (SSSR count). The number of methoxy groups -OCH3 is 1. The standard InChI is InChI=1S/C25H22N4O4S2/c1-32-19-10-6-15(7-11-19)12-20-24(31)29(25(34)35-20)14-21(30)26-23-22(27-33-28-23)18-9-8-16-4-2-3-5-17(16)13-18/h6-13H,2-5,14H2,1H3,(H,26,28,30)/b20-12-. The topological polar surface area (TPSA) is 97.6 Å². The van der Waals surface area contributed by atoms with Crippen LogP contribution in [-0.4, -0.2) is 45.0 Å². The van der Waals surface area contributed by atoms with Gasteiger partial charge in [0.25, 0.3) is 5.91 Å². The van der Waals surface area contributed by atoms with Gasteiger partial charge in [0.1, 0.15) is 16.6 Å². The molecule has 10 heteroatoms. The summed E-state index contributed by atoms with van der Waals surface area (Å²) in [5, 5.41) is 10.6. The van der Waals surface area contributed by atoms with Crippen LogP contribution in [0.15, 0.2) is 52.0 Å². The Balaban J connectivity index is 1.27. The summed E-state index contributed by atoms with van der Waals surface area (Å²) in [7, 11) is 1.59. The molecule has 2 amide bonds. The van der Waals surface area contributed by atoms with Gasteiger partial charge >= 0.3 is 0 Å². The lowest BCUT2D eigenvalue weighted by atomic mass is 9.90. The summed E-state index contributed by atoms with van der Waals surface area (Å²) in [6.45, 7) is -0.235. The number of amides is 2. The van der Waals surface area contributed by atoms with Gasteiger partial charge in [-0.2, -0.15) is 0 Å². The third-order valence-electron chi connectivity index (χ3n) is 5.96. The van der Waals surface area contributed by atoms with Crippen molar-refractivity contribution < 1.29 is 19.0 Å². The Morgan fingerprint density at radius 2 is 1.94 bits per heavy atom. The molecule has 3 aromatic rings. The Bertz CT molecular complexity index is 1330. The quantitative estimate of drug-likeness (QED) is 0.387. The van der Waals surface area contributed by atoms with Crippen molar-refractivity contribution in [2.24, 2.45) is 0 Å². The third kappa shape index (κ3) is 4.98. The summed E-state index contributed by atoms with van der Waals surface area (Å²) in [4.78, 5) is 27.4. The number of carbonyl (C=O) groups excluding carboxylic acids is 2. The van der Waals surface area contributed by atoms with Gasteiger partial charge in [0, 0.05) is 5.56 Å². The van der Waals surface area contributed by atoms with Gasteiger partial charge in [0.15, 0.2) is 5.69 Å². The molecule has 178 valence electrons. The average molecular weight is 507 g/mol. The Morgan fingerprint density at radius 1 is 1.17 bits per heavy atom. The van der Waals surface area contributed by atoms with E-state index in [2.05, 4.69) is 27.8 Å². The maximum atomic E-state index is 12.9. The summed E-state index contributed by atoms with van der Waals surface area (Å²) in [5.41, 5.74) is 4.75. The van der Waals surface area contributed by atoms with Gasteiger partial charge in [-0.15, -0.1) is 0 Å². The van der Waals surface area contributed by atoms with Gasteiger partial charge in [0.05, 0.1) is 12.0 Å². The molecule has 1 N–H and O–H groups in total. The van der Waals surface area contributed by atoms with Gasteiger partial charge in [-0.3, -0.25) is 14.5 Å². The van der Waals surface area contributed by atoms with E-state index < -0.39 is 5.91 Å². The number of thiocarbonyl (C=S) groups is 1. The zero-order valence-corrected chi connectivity index (χ0v) is 20.6. The van der Waals surface area contributed by atoms with Crippen LogP contribution in [0.5, 0.6) is 5.75 Å². The molecule has 2 heterocycles. The molecule has 1 aromatic heterocycles. The molecular formula is C25H22N4O4S2. The highest BCUT2D eigenvalue weighted by atomic mass is 32.2. The van der Waals surface area contributed by atoms with E-state index in [1.807, 2.05) is 30.3 Å². The number of ether oxygens (including phenoxy) is 1. The van der Waals surface area contributed by atoms with Gasteiger partial charge in [-0.1, -0.05) is 48.2 Å². The zero-order chi connectivity index (χ0) is 24.4. The van der Waals surface area contributed by atoms with Crippen molar-refractivity contribution in [1.29, 1.82) is 0 Å². The van der Waals surface area contributed by atoms with Gasteiger partial charge in [-0.25, -0.2) is 4.63 Å². The number of thioether (sulfide) groups is 1. The molecule has 1 fully saturated rings. The van der Waals surface area contributed by atoms with E-state index >= 15 is 0 Å². The van der Waals surface area contributed by atoms with E-state index in [0.717, 1.165) is 47.9 Å². The molecule has 8 nitrogen and oxygen atoms in total. The molecule has 0 unspecified atom stereocenters. The summed E-state index contributed by atoms with van der Waals surface area (Å²) in [6.07, 6.45) is 6.20. The predicted molar refractivity (Wildman–Crippen MR) is 138 cm³/mol. The number of hydrogen-bond acceptors (Lipinski definition) is 8. The van der Waals surface area contributed by atoms with Crippen LogP contribution in [0.3, 0.4) is 0 Å². The van der Waals surface area contributed by atoms with E-state index in [-0.39, 0.29) is 18.3 Å². The SMILES string of the molecule is COc1ccc(/C=C2\SC(=S)N(CC(=O)Nc3nonc3-c3ccc4c(c3)CCCC4)C2=O)cc1. The number of benzene rings is 2. The van der Waals surface area contributed by atoms with Crippen LogP contribution in [-0.2, 0) is 22.4 Å². The largest absolute Gasteiger partial charge is 0.497 e. The number of aryl methyl sites for hydroxylation is 2. The number of rotatable bonds is 6. The van der Waals surface area contributed by atoms with Gasteiger partial charge in [-0.05, 0) is 77.0 Å². The smallest absolute Gasteiger partial charge is 0.266 e. The van der Waals surface area contributed by atoms with Gasteiger partial charge < -0.3 is 10.1 Å². The summed E-state index contributed by atoms with van der Waals surface area (Å²) < 4.78 is 10.4. The Morgan fingerprint density at radius 3 is 2.71 bits per heavy atom. The second kappa shape index (κ2) is 10.0. The molecule has 2 aromatic carbocycles. The molecule has 35 heavy (non-hydrogen) atoms. The molecule has 0 spiro atoms. The lowest BCUT2D eigenvalue weighted by Crippen LogP contribution is -2.36. The monoisotopic (exact) mass is 506 g/mol. The summed E-state index contributed by atoms with van der Waals surface area (Å²) >= 11 is 6.52. The lowest BCUT2D eigenvalue weighted by molar-refractivity contribution is -0.126. The van der Waals surface area contributed by atoms with Crippen molar-refractivity contribution in [3.63, 3.8) is 0 Å². The number of fused-ring (bicyclic) bond motifs is 1. The fraction of sp³-hybridized carbons (Fsp3) is 0.240. The fourth-order valence-electron chi connectivity index (χ4n) is 4.14. The Hall–Kier alpha value is -3.50. The normalized spacial score (nSPS) is 16.5. The van der Waals surface area contributed by atoms with E-state index in [1.54, 1.807) is 13.2 Å². The van der Waals surface area contributed by atoms with Crippen LogP contribution in [0, 0.1) is 0 Å². The van der Waals surface area contributed by atoms with Crippen LogP contribution in [0.25, 0.3) is 17.3 Å². The second-order valence-corrected chi connectivity index (χ2v) is 9.92. The molecular weight excluding hydrogens is 484 g/mol. The molecule has 0 atom stereocenters. The minimum atomic E-state index is -0.443. The molecule has 0 bridgehead atoms. The van der Waals surface area contributed by atoms with Crippen LogP contribution in [0.4, 0.5) is 5.82 Å². The summed E-state index contributed by atoms with van der Waals surface area (Å²) in [6, 6.07) is 13.5. The Labute approximate surface area is 211 Å². The maximum absolute atomic E-state index is 12.9. The highest BCUT2D eigenvalue weighted by Gasteiger charge is 2.33. The van der Waals surface area contributed by atoms with Crippen molar-refractivity contribution in [1.82, 2.24) is 15.2 Å². The minimum Gasteiger partial charge on any atom is -0.497 e. The van der Waals surface area contributed by atoms with E-state index in [0.29, 0.717) is 14.9 Å². The van der Waals surface area contributed by atoms with Crippen LogP contribution in [0.1, 0.15) is 29.5 Å². The number of nitrogens with zero attached hydrogens (tertiary/aromatic N) is 3. The first-order valence-electron chi connectivity index (χ1n) is 11.2. The third-order valence-corrected chi connectivity index (χ3v) is 7.33. The van der Waals surface area contributed by atoms with E-state index in [1.165, 1.54) is 22.4 Å². The molecule has 0 saturated carbocycles. The first-order chi connectivity index (χ1) is 17.0. The van der Waals surface area contributed by atoms with Crippen LogP contribution in [0.2, 0.25) is 0 Å².